The van der Waals surface area contributed by atoms with E-state index in [0.29, 0.717) is 23.7 Å². The van der Waals surface area contributed by atoms with Crippen LogP contribution in [-0.4, -0.2) is 35.9 Å². The predicted molar refractivity (Wildman–Crippen MR) is 111 cm³/mol. The van der Waals surface area contributed by atoms with E-state index in [1.165, 1.54) is 17.0 Å². The molecule has 156 valence electrons. The monoisotopic (exact) mass is 420 g/mol. The molecular weight excluding hydrogens is 395 g/mol. The van der Waals surface area contributed by atoms with Gasteiger partial charge in [-0.3, -0.25) is 9.59 Å². The zero-order valence-corrected chi connectivity index (χ0v) is 17.4. The number of rotatable bonds is 10. The molecule has 0 unspecified atom stereocenters. The lowest BCUT2D eigenvalue weighted by Gasteiger charge is -2.30. The molecule has 5 nitrogen and oxygen atoms in total. The Balaban J connectivity index is 2.17. The van der Waals surface area contributed by atoms with Gasteiger partial charge in [0.25, 0.3) is 5.91 Å². The SMILES string of the molecule is CCCNC(=O)[C@@H](CC)N(Cc1ccc(F)cc1)C(=O)COc1cccc(Cl)c1. The topological polar surface area (TPSA) is 58.6 Å². The van der Waals surface area contributed by atoms with Gasteiger partial charge in [-0.05, 0) is 48.7 Å². The molecule has 0 fully saturated rings. The zero-order chi connectivity index (χ0) is 21.2. The van der Waals surface area contributed by atoms with Gasteiger partial charge in [0.05, 0.1) is 0 Å². The normalized spacial score (nSPS) is 11.6. The number of hydrogen-bond donors (Lipinski definition) is 1. The molecular formula is C22H26ClFN2O3. The quantitative estimate of drug-likeness (QED) is 0.627. The van der Waals surface area contributed by atoms with Gasteiger partial charge < -0.3 is 15.0 Å². The second-order valence-corrected chi connectivity index (χ2v) is 7.05. The Hall–Kier alpha value is -2.60. The summed E-state index contributed by atoms with van der Waals surface area (Å²) in [5.74, 6) is -0.444. The smallest absolute Gasteiger partial charge is 0.261 e. The maximum absolute atomic E-state index is 13.2. The van der Waals surface area contributed by atoms with Crippen molar-refractivity contribution in [3.8, 4) is 5.75 Å². The van der Waals surface area contributed by atoms with Gasteiger partial charge in [-0.1, -0.05) is 43.6 Å². The first-order valence-electron chi connectivity index (χ1n) is 9.64. The first-order valence-corrected chi connectivity index (χ1v) is 10.0. The van der Waals surface area contributed by atoms with Crippen molar-refractivity contribution in [1.82, 2.24) is 10.2 Å². The van der Waals surface area contributed by atoms with Crippen LogP contribution in [0.2, 0.25) is 5.02 Å². The molecule has 0 aliphatic heterocycles. The molecule has 0 saturated carbocycles. The first kappa shape index (κ1) is 22.7. The molecule has 0 heterocycles. The minimum atomic E-state index is -0.651. The molecule has 2 rings (SSSR count). The number of carbonyl (C=O) groups excluding carboxylic acids is 2. The molecule has 0 saturated heterocycles. The first-order chi connectivity index (χ1) is 13.9. The van der Waals surface area contributed by atoms with Crippen LogP contribution in [0.3, 0.4) is 0 Å². The number of amides is 2. The van der Waals surface area contributed by atoms with Gasteiger partial charge in [-0.25, -0.2) is 4.39 Å². The summed E-state index contributed by atoms with van der Waals surface area (Å²) in [5, 5.41) is 3.35. The lowest BCUT2D eigenvalue weighted by molar-refractivity contribution is -0.143. The van der Waals surface area contributed by atoms with E-state index in [1.807, 2.05) is 13.8 Å². The lowest BCUT2D eigenvalue weighted by Crippen LogP contribution is -2.50. The third kappa shape index (κ3) is 7.06. The van der Waals surface area contributed by atoms with Gasteiger partial charge in [-0.15, -0.1) is 0 Å². The molecule has 0 radical (unpaired) electrons. The Bertz CT molecular complexity index is 814. The standard InChI is InChI=1S/C22H26ClFN2O3/c1-3-12-25-22(28)20(4-2)26(14-16-8-10-18(24)11-9-16)21(27)15-29-19-7-5-6-17(23)13-19/h5-11,13,20H,3-4,12,14-15H2,1-2H3,(H,25,28)/t20-/m1/s1. The van der Waals surface area contributed by atoms with E-state index in [2.05, 4.69) is 5.32 Å². The van der Waals surface area contributed by atoms with Crippen LogP contribution in [0.15, 0.2) is 48.5 Å². The predicted octanol–water partition coefficient (Wildman–Crippen LogP) is 4.19. The van der Waals surface area contributed by atoms with Crippen molar-refractivity contribution in [2.45, 2.75) is 39.3 Å². The fourth-order valence-corrected chi connectivity index (χ4v) is 3.04. The van der Waals surface area contributed by atoms with Crippen molar-refractivity contribution >= 4 is 23.4 Å². The highest BCUT2D eigenvalue weighted by Gasteiger charge is 2.28. The summed E-state index contributed by atoms with van der Waals surface area (Å²) in [4.78, 5) is 27.1. The fourth-order valence-electron chi connectivity index (χ4n) is 2.86. The third-order valence-electron chi connectivity index (χ3n) is 4.36. The highest BCUT2D eigenvalue weighted by atomic mass is 35.5. The van der Waals surface area contributed by atoms with E-state index in [-0.39, 0.29) is 30.8 Å². The summed E-state index contributed by atoms with van der Waals surface area (Å²) in [7, 11) is 0. The molecule has 1 N–H and O–H groups in total. The van der Waals surface area contributed by atoms with Crippen LogP contribution in [0.5, 0.6) is 5.75 Å². The molecule has 0 aromatic heterocycles. The Morgan fingerprint density at radius 3 is 2.52 bits per heavy atom. The zero-order valence-electron chi connectivity index (χ0n) is 16.7. The van der Waals surface area contributed by atoms with Crippen molar-refractivity contribution < 1.29 is 18.7 Å². The van der Waals surface area contributed by atoms with Gasteiger partial charge in [-0.2, -0.15) is 0 Å². The number of nitrogens with zero attached hydrogens (tertiary/aromatic N) is 1. The Morgan fingerprint density at radius 1 is 1.17 bits per heavy atom. The van der Waals surface area contributed by atoms with E-state index in [0.717, 1.165) is 12.0 Å². The van der Waals surface area contributed by atoms with Crippen molar-refractivity contribution in [2.75, 3.05) is 13.2 Å². The molecule has 7 heteroatoms. The van der Waals surface area contributed by atoms with Gasteiger partial charge in [0, 0.05) is 18.1 Å². The maximum atomic E-state index is 13.2. The van der Waals surface area contributed by atoms with Crippen molar-refractivity contribution in [2.24, 2.45) is 0 Å². The average molecular weight is 421 g/mol. The minimum Gasteiger partial charge on any atom is -0.484 e. The number of nitrogens with one attached hydrogen (secondary N) is 1. The highest BCUT2D eigenvalue weighted by Crippen LogP contribution is 2.18. The molecule has 0 spiro atoms. The largest absolute Gasteiger partial charge is 0.484 e. The summed E-state index contributed by atoms with van der Waals surface area (Å²) in [6.45, 7) is 4.28. The molecule has 0 aliphatic carbocycles. The Labute approximate surface area is 175 Å². The van der Waals surface area contributed by atoms with E-state index < -0.39 is 6.04 Å². The van der Waals surface area contributed by atoms with E-state index in [9.17, 15) is 14.0 Å². The Kier molecular flexibility index (Phi) is 8.93. The van der Waals surface area contributed by atoms with Crippen molar-refractivity contribution in [3.05, 3.63) is 64.9 Å². The number of carbonyl (C=O) groups is 2. The number of halogens is 2. The summed E-state index contributed by atoms with van der Waals surface area (Å²) in [6.07, 6.45) is 1.24. The minimum absolute atomic E-state index is 0.177. The van der Waals surface area contributed by atoms with Gasteiger partial charge >= 0.3 is 0 Å². The highest BCUT2D eigenvalue weighted by molar-refractivity contribution is 6.30. The molecule has 0 bridgehead atoms. The van der Waals surface area contributed by atoms with Crippen LogP contribution < -0.4 is 10.1 Å². The fraction of sp³-hybridized carbons (Fsp3) is 0.364. The summed E-state index contributed by atoms with van der Waals surface area (Å²) in [6, 6.07) is 12.0. The number of hydrogen-bond acceptors (Lipinski definition) is 3. The van der Waals surface area contributed by atoms with Crippen LogP contribution in [0.4, 0.5) is 4.39 Å². The summed E-state index contributed by atoms with van der Waals surface area (Å²) < 4.78 is 18.8. The molecule has 0 aliphatic rings. The second kappa shape index (κ2) is 11.4. The van der Waals surface area contributed by atoms with Crippen LogP contribution in [-0.2, 0) is 16.1 Å². The van der Waals surface area contributed by atoms with Crippen LogP contribution in [0, 0.1) is 5.82 Å². The summed E-state index contributed by atoms with van der Waals surface area (Å²) >= 11 is 5.95. The Morgan fingerprint density at radius 2 is 1.90 bits per heavy atom. The average Bonchev–Trinajstić information content (AvgIpc) is 2.71. The van der Waals surface area contributed by atoms with Crippen molar-refractivity contribution in [1.29, 1.82) is 0 Å². The molecule has 2 amide bonds. The molecule has 1 atom stereocenters. The van der Waals surface area contributed by atoms with E-state index in [1.54, 1.807) is 36.4 Å². The molecule has 2 aromatic carbocycles. The van der Waals surface area contributed by atoms with Gasteiger partial charge in [0.2, 0.25) is 5.91 Å². The lowest BCUT2D eigenvalue weighted by atomic mass is 10.1. The van der Waals surface area contributed by atoms with Crippen molar-refractivity contribution in [3.63, 3.8) is 0 Å². The molecule has 29 heavy (non-hydrogen) atoms. The summed E-state index contributed by atoms with van der Waals surface area (Å²) in [5.41, 5.74) is 0.726. The second-order valence-electron chi connectivity index (χ2n) is 6.61. The van der Waals surface area contributed by atoms with Gasteiger partial charge in [0.15, 0.2) is 6.61 Å². The number of benzene rings is 2. The van der Waals surface area contributed by atoms with E-state index >= 15 is 0 Å². The third-order valence-corrected chi connectivity index (χ3v) is 4.59. The van der Waals surface area contributed by atoms with Crippen LogP contribution in [0.25, 0.3) is 0 Å². The van der Waals surface area contributed by atoms with Gasteiger partial charge in [0.1, 0.15) is 17.6 Å². The number of ether oxygens (including phenoxy) is 1. The molecule has 2 aromatic rings. The van der Waals surface area contributed by atoms with Crippen LogP contribution in [0.1, 0.15) is 32.3 Å². The maximum Gasteiger partial charge on any atom is 0.261 e. The van der Waals surface area contributed by atoms with Crippen LogP contribution >= 0.6 is 11.6 Å². The van der Waals surface area contributed by atoms with E-state index in [4.69, 9.17) is 16.3 Å².